The van der Waals surface area contributed by atoms with Crippen LogP contribution in [0.15, 0.2) is 36.4 Å². The first-order valence-corrected chi connectivity index (χ1v) is 9.74. The molecule has 0 saturated heterocycles. The molecular formula is C24H32O4. The summed E-state index contributed by atoms with van der Waals surface area (Å²) in [5.74, 6) is 0.666. The number of phenols is 2. The van der Waals surface area contributed by atoms with E-state index in [2.05, 4.69) is 20.8 Å². The Morgan fingerprint density at radius 2 is 1.39 bits per heavy atom. The lowest BCUT2D eigenvalue weighted by Crippen LogP contribution is -2.13. The van der Waals surface area contributed by atoms with Crippen LogP contribution in [0.3, 0.4) is 0 Å². The third-order valence-corrected chi connectivity index (χ3v) is 4.72. The molecule has 4 heteroatoms. The van der Waals surface area contributed by atoms with Crippen LogP contribution in [0.2, 0.25) is 0 Å². The van der Waals surface area contributed by atoms with Crippen molar-refractivity contribution in [1.82, 2.24) is 0 Å². The number of phenolic OH excluding ortho intramolecular Hbond substituents is 2. The van der Waals surface area contributed by atoms with Gasteiger partial charge >= 0.3 is 5.97 Å². The van der Waals surface area contributed by atoms with Gasteiger partial charge in [0.1, 0.15) is 17.2 Å². The molecule has 2 aromatic rings. The predicted octanol–water partition coefficient (Wildman–Crippen LogP) is 5.62. The molecule has 0 radical (unpaired) electrons. The molecule has 0 saturated carbocycles. The van der Waals surface area contributed by atoms with Crippen LogP contribution in [0.5, 0.6) is 17.2 Å². The minimum absolute atomic E-state index is 0.136. The molecule has 4 nitrogen and oxygen atoms in total. The lowest BCUT2D eigenvalue weighted by molar-refractivity contribution is -0.134. The number of aryl methyl sites for hydroxylation is 1. The zero-order valence-electron chi connectivity index (χ0n) is 17.8. The largest absolute Gasteiger partial charge is 0.508 e. The van der Waals surface area contributed by atoms with Gasteiger partial charge in [0, 0.05) is 12.0 Å². The van der Waals surface area contributed by atoms with Crippen LogP contribution in [0.1, 0.15) is 71.1 Å². The summed E-state index contributed by atoms with van der Waals surface area (Å²) in [6.45, 7) is 12.2. The molecule has 28 heavy (non-hydrogen) atoms. The molecule has 0 atom stereocenters. The molecular weight excluding hydrogens is 352 g/mol. The summed E-state index contributed by atoms with van der Waals surface area (Å²) >= 11 is 0. The van der Waals surface area contributed by atoms with Gasteiger partial charge in [-0.25, -0.2) is 0 Å². The zero-order chi connectivity index (χ0) is 21.1. The molecule has 2 rings (SSSR count). The fourth-order valence-electron chi connectivity index (χ4n) is 3.14. The number of ether oxygens (including phenoxy) is 1. The molecule has 0 aliphatic heterocycles. The van der Waals surface area contributed by atoms with E-state index < -0.39 is 0 Å². The summed E-state index contributed by atoms with van der Waals surface area (Å²) in [7, 11) is 0. The average molecular weight is 385 g/mol. The number of aromatic hydroxyl groups is 2. The van der Waals surface area contributed by atoms with Gasteiger partial charge in [-0.2, -0.15) is 0 Å². The Hall–Kier alpha value is -2.49. The SMILES string of the molecule is CC(C)(C)c1cc(CCCC(=O)Oc2ccc(O)c(C(C)(C)C)c2)ccc1O. The van der Waals surface area contributed by atoms with E-state index >= 15 is 0 Å². The van der Waals surface area contributed by atoms with Crippen molar-refractivity contribution in [2.75, 3.05) is 0 Å². The maximum absolute atomic E-state index is 12.2. The number of benzene rings is 2. The van der Waals surface area contributed by atoms with Crippen molar-refractivity contribution in [3.05, 3.63) is 53.1 Å². The lowest BCUT2D eigenvalue weighted by atomic mass is 9.85. The minimum Gasteiger partial charge on any atom is -0.508 e. The Bertz CT molecular complexity index is 839. The zero-order valence-corrected chi connectivity index (χ0v) is 17.8. The molecule has 0 unspecified atom stereocenters. The van der Waals surface area contributed by atoms with E-state index in [1.807, 2.05) is 32.9 Å². The highest BCUT2D eigenvalue weighted by molar-refractivity contribution is 5.72. The van der Waals surface area contributed by atoms with Crippen LogP contribution >= 0.6 is 0 Å². The second kappa shape index (κ2) is 8.26. The van der Waals surface area contributed by atoms with Crippen molar-refractivity contribution in [2.45, 2.75) is 71.6 Å². The van der Waals surface area contributed by atoms with Crippen molar-refractivity contribution in [1.29, 1.82) is 0 Å². The molecule has 0 aromatic heterocycles. The monoisotopic (exact) mass is 384 g/mol. The summed E-state index contributed by atoms with van der Waals surface area (Å²) in [6.07, 6.45) is 1.70. The van der Waals surface area contributed by atoms with Crippen LogP contribution < -0.4 is 4.74 Å². The average Bonchev–Trinajstić information content (AvgIpc) is 2.56. The lowest BCUT2D eigenvalue weighted by Gasteiger charge is -2.21. The van der Waals surface area contributed by atoms with Gasteiger partial charge in [-0.05, 0) is 59.1 Å². The third kappa shape index (κ3) is 5.75. The summed E-state index contributed by atoms with van der Waals surface area (Å²) in [4.78, 5) is 12.2. The smallest absolute Gasteiger partial charge is 0.311 e. The van der Waals surface area contributed by atoms with E-state index in [0.29, 0.717) is 24.3 Å². The molecule has 0 aliphatic carbocycles. The van der Waals surface area contributed by atoms with Crippen molar-refractivity contribution in [3.8, 4) is 17.2 Å². The Kier molecular flexibility index (Phi) is 6.43. The van der Waals surface area contributed by atoms with Crippen LogP contribution in [0, 0.1) is 0 Å². The fourth-order valence-corrected chi connectivity index (χ4v) is 3.14. The number of hydrogen-bond acceptors (Lipinski definition) is 4. The highest BCUT2D eigenvalue weighted by Crippen LogP contribution is 2.34. The second-order valence-electron chi connectivity index (χ2n) is 9.36. The number of rotatable bonds is 5. The van der Waals surface area contributed by atoms with Gasteiger partial charge < -0.3 is 14.9 Å². The molecule has 0 bridgehead atoms. The Morgan fingerprint density at radius 3 is 1.96 bits per heavy atom. The van der Waals surface area contributed by atoms with Crippen molar-refractivity contribution < 1.29 is 19.7 Å². The first-order valence-electron chi connectivity index (χ1n) is 9.74. The molecule has 152 valence electrons. The van der Waals surface area contributed by atoms with Gasteiger partial charge in [0.05, 0.1) is 0 Å². The Balaban J connectivity index is 1.95. The van der Waals surface area contributed by atoms with Crippen LogP contribution in [-0.4, -0.2) is 16.2 Å². The molecule has 0 spiro atoms. The van der Waals surface area contributed by atoms with Gasteiger partial charge in [0.2, 0.25) is 0 Å². The highest BCUT2D eigenvalue weighted by Gasteiger charge is 2.20. The fraction of sp³-hybridized carbons (Fsp3) is 0.458. The molecule has 0 fully saturated rings. The topological polar surface area (TPSA) is 66.8 Å². The summed E-state index contributed by atoms with van der Waals surface area (Å²) in [5, 5.41) is 20.1. The molecule has 0 heterocycles. The van der Waals surface area contributed by atoms with E-state index in [1.165, 1.54) is 0 Å². The van der Waals surface area contributed by atoms with Crippen LogP contribution in [0.25, 0.3) is 0 Å². The maximum atomic E-state index is 12.2. The van der Waals surface area contributed by atoms with Crippen LogP contribution in [-0.2, 0) is 22.0 Å². The quantitative estimate of drug-likeness (QED) is 0.518. The minimum atomic E-state index is -0.291. The second-order valence-corrected chi connectivity index (χ2v) is 9.36. The Labute approximate surface area is 168 Å². The van der Waals surface area contributed by atoms with E-state index in [9.17, 15) is 15.0 Å². The van der Waals surface area contributed by atoms with Crippen molar-refractivity contribution in [2.24, 2.45) is 0 Å². The van der Waals surface area contributed by atoms with Gasteiger partial charge in [-0.1, -0.05) is 53.7 Å². The first kappa shape index (κ1) is 21.8. The molecule has 0 aliphatic rings. The summed E-state index contributed by atoms with van der Waals surface area (Å²) < 4.78 is 5.45. The normalized spacial score (nSPS) is 12.1. The predicted molar refractivity (Wildman–Crippen MR) is 112 cm³/mol. The number of esters is 1. The Morgan fingerprint density at radius 1 is 0.857 bits per heavy atom. The van der Waals surface area contributed by atoms with Gasteiger partial charge in [-0.15, -0.1) is 0 Å². The van der Waals surface area contributed by atoms with Crippen molar-refractivity contribution >= 4 is 5.97 Å². The van der Waals surface area contributed by atoms with E-state index in [-0.39, 0.29) is 22.5 Å². The van der Waals surface area contributed by atoms with Crippen LogP contribution in [0.4, 0.5) is 0 Å². The van der Waals surface area contributed by atoms with Gasteiger partial charge in [0.25, 0.3) is 0 Å². The van der Waals surface area contributed by atoms with Gasteiger partial charge in [-0.3, -0.25) is 4.79 Å². The standard InChI is InChI=1S/C24H32O4/c1-23(2,3)18-14-16(10-12-20(18)25)8-7-9-22(27)28-17-11-13-21(26)19(15-17)24(4,5)6/h10-15,25-26H,7-9H2,1-6H3. The number of carbonyl (C=O) groups excluding carboxylic acids is 1. The maximum Gasteiger partial charge on any atom is 0.311 e. The van der Waals surface area contributed by atoms with Gasteiger partial charge in [0.15, 0.2) is 0 Å². The van der Waals surface area contributed by atoms with E-state index in [1.54, 1.807) is 24.3 Å². The number of carbonyl (C=O) groups is 1. The molecule has 0 amide bonds. The highest BCUT2D eigenvalue weighted by atomic mass is 16.5. The summed E-state index contributed by atoms with van der Waals surface area (Å²) in [5.41, 5.74) is 2.37. The summed E-state index contributed by atoms with van der Waals surface area (Å²) in [6, 6.07) is 10.5. The third-order valence-electron chi connectivity index (χ3n) is 4.72. The van der Waals surface area contributed by atoms with Crippen molar-refractivity contribution in [3.63, 3.8) is 0 Å². The molecule has 2 aromatic carbocycles. The van der Waals surface area contributed by atoms with E-state index in [4.69, 9.17) is 4.74 Å². The van der Waals surface area contributed by atoms with E-state index in [0.717, 1.165) is 23.1 Å². The number of hydrogen-bond donors (Lipinski definition) is 2. The first-order chi connectivity index (χ1) is 12.9. The molecule has 2 N–H and O–H groups in total.